The van der Waals surface area contributed by atoms with Crippen LogP contribution < -0.4 is 31.8 Å². The van der Waals surface area contributed by atoms with Crippen molar-refractivity contribution in [3.63, 3.8) is 0 Å². The van der Waals surface area contributed by atoms with E-state index in [1.165, 1.54) is 38.2 Å². The molecular weight excluding hydrogens is 534 g/mol. The van der Waals surface area contributed by atoms with E-state index in [1.54, 1.807) is 0 Å². The number of fused-ring (bicyclic) bond motifs is 3. The van der Waals surface area contributed by atoms with Crippen molar-refractivity contribution >= 4 is 46.6 Å². The predicted molar refractivity (Wildman–Crippen MR) is 180 cm³/mol. The molecule has 0 amide bonds. The first-order chi connectivity index (χ1) is 20.1. The third-order valence-electron chi connectivity index (χ3n) is 8.55. The maximum absolute atomic E-state index is 12.6. The van der Waals surface area contributed by atoms with Gasteiger partial charge in [0.25, 0.3) is 0 Å². The Bertz CT molecular complexity index is 1600. The summed E-state index contributed by atoms with van der Waals surface area (Å²) in [7, 11) is -4.66. The van der Waals surface area contributed by atoms with E-state index in [0.717, 1.165) is 22.3 Å². The van der Waals surface area contributed by atoms with Crippen molar-refractivity contribution in [1.29, 1.82) is 0 Å². The largest absolute Gasteiger partial charge is 0.238 e. The van der Waals surface area contributed by atoms with Crippen molar-refractivity contribution in [1.82, 2.24) is 0 Å². The summed E-state index contributed by atoms with van der Waals surface area (Å²) in [5.41, 5.74) is 5.23. The smallest absolute Gasteiger partial charge is 0.235 e. The highest BCUT2D eigenvalue weighted by atomic mass is 31.2. The lowest BCUT2D eigenvalue weighted by molar-refractivity contribution is 0.633. The summed E-state index contributed by atoms with van der Waals surface area (Å²) in [6.45, 7) is 2.45. The summed E-state index contributed by atoms with van der Waals surface area (Å²) >= 11 is 0. The summed E-state index contributed by atoms with van der Waals surface area (Å²) in [5.74, 6) is 0. The molecule has 0 aromatic heterocycles. The second-order valence-corrected chi connectivity index (χ2v) is 17.2. The molecule has 198 valence electrons. The fourth-order valence-electron chi connectivity index (χ4n) is 6.26. The van der Waals surface area contributed by atoms with Gasteiger partial charge in [0.1, 0.15) is 39.1 Å². The molecule has 0 unspecified atom stereocenters. The van der Waals surface area contributed by atoms with Gasteiger partial charge in [-0.05, 0) is 101 Å². The van der Waals surface area contributed by atoms with Crippen molar-refractivity contribution in [2.75, 3.05) is 6.66 Å². The van der Waals surface area contributed by atoms with E-state index in [0.29, 0.717) is 0 Å². The highest BCUT2D eigenvalue weighted by Crippen LogP contribution is 2.54. The van der Waals surface area contributed by atoms with Crippen LogP contribution in [0.3, 0.4) is 0 Å². The Morgan fingerprint density at radius 2 is 0.780 bits per heavy atom. The van der Waals surface area contributed by atoms with Crippen LogP contribution >= 0.6 is 14.8 Å². The molecule has 0 spiro atoms. The quantitative estimate of drug-likeness (QED) is 0.232. The van der Waals surface area contributed by atoms with E-state index in [9.17, 15) is 4.89 Å². The minimum Gasteiger partial charge on any atom is -0.235 e. The number of benzene rings is 6. The van der Waals surface area contributed by atoms with Gasteiger partial charge in [-0.2, -0.15) is 0 Å². The fraction of sp³-hybridized carbons (Fsp3) is 0.0526. The SMILES string of the molecule is C[P+](c1ccccc1)(c1ccccc1)c1ccc2c(c1)-c1cc([P+](O)(c3ccccc3)c3ccccc3)ccc1C2. The molecule has 0 radical (unpaired) electrons. The van der Waals surface area contributed by atoms with Gasteiger partial charge in [0.2, 0.25) is 7.49 Å². The molecule has 1 aliphatic carbocycles. The Hall–Kier alpha value is -3.86. The molecule has 6 aromatic carbocycles. The molecule has 0 heterocycles. The van der Waals surface area contributed by atoms with Gasteiger partial charge < -0.3 is 0 Å². The predicted octanol–water partition coefficient (Wildman–Crippen LogP) is 6.38. The van der Waals surface area contributed by atoms with Gasteiger partial charge in [-0.25, -0.2) is 4.89 Å². The lowest BCUT2D eigenvalue weighted by atomic mass is 10.1. The standard InChI is InChI=1S/C38H32OP2/c1-40(31-14-6-2-7-15-31,32-16-8-3-9-17-32)35-24-22-29-26-30-23-25-36(28-38(30)37(29)27-35)41(39,33-18-10-4-11-19-33)34-20-12-5-13-21-34/h2-25,27-28,39H,26H2,1H3/q+2. The summed E-state index contributed by atoms with van der Waals surface area (Å²) in [6, 6.07) is 56.1. The van der Waals surface area contributed by atoms with E-state index in [1.807, 2.05) is 36.4 Å². The summed E-state index contributed by atoms with van der Waals surface area (Å²) in [4.78, 5) is 12.6. The highest BCUT2D eigenvalue weighted by molar-refractivity contribution is 7.95. The zero-order valence-corrected chi connectivity index (χ0v) is 24.8. The molecule has 1 nitrogen and oxygen atoms in total. The fourth-order valence-corrected chi connectivity index (χ4v) is 12.2. The van der Waals surface area contributed by atoms with Crippen molar-refractivity contribution in [3.05, 3.63) is 169 Å². The van der Waals surface area contributed by atoms with Crippen molar-refractivity contribution in [2.45, 2.75) is 6.42 Å². The van der Waals surface area contributed by atoms with E-state index in [-0.39, 0.29) is 0 Å². The molecule has 1 N–H and O–H groups in total. The van der Waals surface area contributed by atoms with Crippen LogP contribution in [-0.4, -0.2) is 11.6 Å². The van der Waals surface area contributed by atoms with Gasteiger partial charge in [0.15, 0.2) is 0 Å². The monoisotopic (exact) mass is 566 g/mol. The number of rotatable bonds is 6. The van der Waals surface area contributed by atoms with Gasteiger partial charge in [-0.1, -0.05) is 84.9 Å². The van der Waals surface area contributed by atoms with E-state index in [4.69, 9.17) is 0 Å². The zero-order valence-electron chi connectivity index (χ0n) is 23.1. The molecular formula is C38H32OP2+2. The molecule has 1 aliphatic rings. The molecule has 0 saturated carbocycles. The average Bonchev–Trinajstić information content (AvgIpc) is 3.43. The third kappa shape index (κ3) is 4.37. The lowest BCUT2D eigenvalue weighted by Gasteiger charge is -2.24. The minimum atomic E-state index is -2.80. The van der Waals surface area contributed by atoms with Crippen LogP contribution in [0.2, 0.25) is 0 Å². The molecule has 7 rings (SSSR count). The molecule has 6 aromatic rings. The Kier molecular flexibility index (Phi) is 6.69. The molecule has 0 saturated heterocycles. The lowest BCUT2D eigenvalue weighted by Crippen LogP contribution is -2.31. The summed E-state index contributed by atoms with van der Waals surface area (Å²) in [5, 5.41) is 7.09. The first-order valence-corrected chi connectivity index (χ1v) is 18.0. The first-order valence-electron chi connectivity index (χ1n) is 14.1. The van der Waals surface area contributed by atoms with Gasteiger partial charge >= 0.3 is 0 Å². The van der Waals surface area contributed by atoms with E-state index >= 15 is 0 Å². The third-order valence-corrected chi connectivity index (χ3v) is 15.6. The van der Waals surface area contributed by atoms with Crippen LogP contribution in [0.25, 0.3) is 11.1 Å². The Morgan fingerprint density at radius 3 is 1.22 bits per heavy atom. The van der Waals surface area contributed by atoms with Gasteiger partial charge in [0, 0.05) is 0 Å². The van der Waals surface area contributed by atoms with Gasteiger partial charge in [-0.3, -0.25) is 0 Å². The first kappa shape index (κ1) is 26.1. The van der Waals surface area contributed by atoms with Crippen LogP contribution in [0, 0.1) is 0 Å². The van der Waals surface area contributed by atoms with Crippen molar-refractivity contribution in [3.8, 4) is 11.1 Å². The van der Waals surface area contributed by atoms with E-state index < -0.39 is 14.8 Å². The normalized spacial score (nSPS) is 12.5. The molecule has 0 fully saturated rings. The molecule has 0 bridgehead atoms. The van der Waals surface area contributed by atoms with Crippen molar-refractivity contribution < 1.29 is 4.89 Å². The highest BCUT2D eigenvalue weighted by Gasteiger charge is 2.45. The van der Waals surface area contributed by atoms with Gasteiger partial charge in [-0.15, -0.1) is 0 Å². The zero-order chi connectivity index (χ0) is 27.9. The maximum atomic E-state index is 12.6. The summed E-state index contributed by atoms with van der Waals surface area (Å²) in [6.07, 6.45) is 0.921. The second kappa shape index (κ2) is 10.5. The van der Waals surface area contributed by atoms with Crippen LogP contribution in [0.4, 0.5) is 0 Å². The van der Waals surface area contributed by atoms with E-state index in [2.05, 4.69) is 128 Å². The van der Waals surface area contributed by atoms with Gasteiger partial charge in [0.05, 0.1) is 6.66 Å². The maximum Gasteiger partial charge on any atom is 0.238 e. The Labute approximate surface area is 243 Å². The Morgan fingerprint density at radius 1 is 0.415 bits per heavy atom. The van der Waals surface area contributed by atoms with Crippen molar-refractivity contribution in [2.24, 2.45) is 0 Å². The molecule has 0 atom stereocenters. The number of hydrogen-bond donors (Lipinski definition) is 1. The van der Waals surface area contributed by atoms with Crippen LogP contribution in [0.1, 0.15) is 11.1 Å². The average molecular weight is 567 g/mol. The van der Waals surface area contributed by atoms with Crippen LogP contribution in [0.5, 0.6) is 0 Å². The second-order valence-electron chi connectivity index (χ2n) is 10.8. The molecule has 3 heteroatoms. The minimum absolute atomic E-state index is 0.921. The summed E-state index contributed by atoms with van der Waals surface area (Å²) < 4.78 is 0. The topological polar surface area (TPSA) is 20.2 Å². The van der Waals surface area contributed by atoms with Crippen LogP contribution in [0.15, 0.2) is 158 Å². The Balaban J connectivity index is 1.40. The van der Waals surface area contributed by atoms with Crippen LogP contribution in [-0.2, 0) is 6.42 Å². The molecule has 41 heavy (non-hydrogen) atoms. The number of hydrogen-bond acceptors (Lipinski definition) is 1. The molecule has 0 aliphatic heterocycles.